The van der Waals surface area contributed by atoms with Crippen LogP contribution in [-0.2, 0) is 11.3 Å². The van der Waals surface area contributed by atoms with Crippen LogP contribution >= 0.6 is 0 Å². The zero-order chi connectivity index (χ0) is 17.9. The molecule has 1 heterocycles. The molecule has 0 aliphatic heterocycles. The lowest BCUT2D eigenvalue weighted by Gasteiger charge is -2.19. The topological polar surface area (TPSA) is 76.4 Å². The minimum atomic E-state index is -1.30. The molecule has 8 heteroatoms. The summed E-state index contributed by atoms with van der Waals surface area (Å²) in [5.41, 5.74) is -0.219. The van der Waals surface area contributed by atoms with Gasteiger partial charge in [0, 0.05) is 23.9 Å². The van der Waals surface area contributed by atoms with Gasteiger partial charge in [-0.1, -0.05) is 0 Å². The molecule has 0 aliphatic carbocycles. The van der Waals surface area contributed by atoms with E-state index in [2.05, 4.69) is 10.4 Å². The van der Waals surface area contributed by atoms with Crippen molar-refractivity contribution in [2.45, 2.75) is 32.9 Å². The fourth-order valence-corrected chi connectivity index (χ4v) is 1.97. The number of alkyl carbamates (subject to hydrolysis) is 1. The number of hydrogen-bond donors (Lipinski definition) is 2. The fraction of sp³-hybridized carbons (Fsp3) is 0.375. The van der Waals surface area contributed by atoms with Crippen molar-refractivity contribution in [3.63, 3.8) is 0 Å². The van der Waals surface area contributed by atoms with Crippen molar-refractivity contribution in [1.29, 1.82) is 0 Å². The van der Waals surface area contributed by atoms with Gasteiger partial charge < -0.3 is 15.2 Å². The number of hydrogen-bond acceptors (Lipinski definition) is 4. The third-order valence-electron chi connectivity index (χ3n) is 3.02. The number of benzene rings is 1. The molecule has 2 rings (SSSR count). The van der Waals surface area contributed by atoms with Crippen LogP contribution in [0.1, 0.15) is 20.8 Å². The summed E-state index contributed by atoms with van der Waals surface area (Å²) in [5.74, 6) is -3.18. The number of phenolic OH excluding ortho intramolecular Hbond substituents is 1. The maximum Gasteiger partial charge on any atom is 0.407 e. The summed E-state index contributed by atoms with van der Waals surface area (Å²) >= 11 is 0. The number of carbonyl (C=O) groups is 1. The van der Waals surface area contributed by atoms with Gasteiger partial charge in [0.25, 0.3) is 0 Å². The Kier molecular flexibility index (Phi) is 5.06. The molecule has 2 N–H and O–H groups in total. The van der Waals surface area contributed by atoms with Crippen molar-refractivity contribution in [3.8, 4) is 16.9 Å². The van der Waals surface area contributed by atoms with Crippen LogP contribution < -0.4 is 5.32 Å². The van der Waals surface area contributed by atoms with Gasteiger partial charge in [0.05, 0.1) is 12.7 Å². The minimum Gasteiger partial charge on any atom is -0.505 e. The fourth-order valence-electron chi connectivity index (χ4n) is 1.97. The van der Waals surface area contributed by atoms with Crippen molar-refractivity contribution < 1.29 is 23.4 Å². The van der Waals surface area contributed by atoms with Gasteiger partial charge in [-0.05, 0) is 32.9 Å². The lowest BCUT2D eigenvalue weighted by atomic mass is 10.1. The number of nitrogens with zero attached hydrogens (tertiary/aromatic N) is 2. The largest absolute Gasteiger partial charge is 0.505 e. The second kappa shape index (κ2) is 6.86. The molecule has 0 aliphatic rings. The molecule has 0 fully saturated rings. The lowest BCUT2D eigenvalue weighted by molar-refractivity contribution is 0.0525. The van der Waals surface area contributed by atoms with Gasteiger partial charge in [-0.25, -0.2) is 9.18 Å². The van der Waals surface area contributed by atoms with Crippen LogP contribution in [0.3, 0.4) is 0 Å². The van der Waals surface area contributed by atoms with Gasteiger partial charge in [0.15, 0.2) is 11.6 Å². The summed E-state index contributed by atoms with van der Waals surface area (Å²) in [6.45, 7) is 5.89. The number of rotatable bonds is 4. The molecule has 0 atom stereocenters. The van der Waals surface area contributed by atoms with Crippen LogP contribution in [0, 0.1) is 11.6 Å². The monoisotopic (exact) mass is 339 g/mol. The van der Waals surface area contributed by atoms with E-state index in [1.807, 2.05) is 0 Å². The predicted molar refractivity (Wildman–Crippen MR) is 83.5 cm³/mol. The van der Waals surface area contributed by atoms with Gasteiger partial charge in [-0.3, -0.25) is 4.68 Å². The number of halogens is 2. The highest BCUT2D eigenvalue weighted by molar-refractivity contribution is 5.67. The van der Waals surface area contributed by atoms with E-state index in [1.54, 1.807) is 20.8 Å². The van der Waals surface area contributed by atoms with E-state index < -0.39 is 29.1 Å². The molecular weight excluding hydrogens is 320 g/mol. The summed E-state index contributed by atoms with van der Waals surface area (Å²) in [7, 11) is 0. The summed E-state index contributed by atoms with van der Waals surface area (Å²) in [5, 5.41) is 15.7. The molecule has 130 valence electrons. The number of nitrogens with one attached hydrogen (secondary N) is 1. The summed E-state index contributed by atoms with van der Waals surface area (Å²) in [6.07, 6.45) is 2.36. The first-order valence-electron chi connectivity index (χ1n) is 7.34. The normalized spacial score (nSPS) is 11.4. The standard InChI is InChI=1S/C16H19F2N3O3/c1-16(2,3)24-15(23)19-6-7-21-9-10(8-20-21)11-4-5-12(22)14(18)13(11)17/h4-5,8-9,22H,6-7H2,1-3H3,(H,19,23). The molecule has 0 spiro atoms. The number of ether oxygens (including phenoxy) is 1. The first-order valence-corrected chi connectivity index (χ1v) is 7.34. The number of aromatic hydroxyl groups is 1. The van der Waals surface area contributed by atoms with E-state index in [0.717, 1.165) is 6.07 Å². The van der Waals surface area contributed by atoms with Crippen LogP contribution in [-0.4, -0.2) is 33.1 Å². The second-order valence-corrected chi connectivity index (χ2v) is 6.18. The molecule has 6 nitrogen and oxygen atoms in total. The maximum atomic E-state index is 13.8. The molecule has 0 saturated carbocycles. The maximum absolute atomic E-state index is 13.8. The summed E-state index contributed by atoms with van der Waals surface area (Å²) in [4.78, 5) is 11.5. The Balaban J connectivity index is 1.97. The highest BCUT2D eigenvalue weighted by atomic mass is 19.2. The average molecular weight is 339 g/mol. The second-order valence-electron chi connectivity index (χ2n) is 6.18. The lowest BCUT2D eigenvalue weighted by Crippen LogP contribution is -2.34. The van der Waals surface area contributed by atoms with Gasteiger partial charge in [0.1, 0.15) is 5.60 Å². The van der Waals surface area contributed by atoms with Gasteiger partial charge >= 0.3 is 6.09 Å². The first-order chi connectivity index (χ1) is 11.2. The SMILES string of the molecule is CC(C)(C)OC(=O)NCCn1cc(-c2ccc(O)c(F)c2F)cn1. The number of phenols is 1. The Bertz CT molecular complexity index is 739. The number of aromatic nitrogens is 2. The van der Waals surface area contributed by atoms with E-state index in [0.29, 0.717) is 12.1 Å². The zero-order valence-electron chi connectivity index (χ0n) is 13.6. The average Bonchev–Trinajstić information content (AvgIpc) is 2.91. The molecule has 24 heavy (non-hydrogen) atoms. The Morgan fingerprint density at radius 2 is 2.04 bits per heavy atom. The van der Waals surface area contributed by atoms with Gasteiger partial charge in [0.2, 0.25) is 5.82 Å². The van der Waals surface area contributed by atoms with Crippen molar-refractivity contribution in [2.24, 2.45) is 0 Å². The van der Waals surface area contributed by atoms with Crippen molar-refractivity contribution in [2.75, 3.05) is 6.54 Å². The summed E-state index contributed by atoms with van der Waals surface area (Å²) in [6, 6.07) is 2.35. The third kappa shape index (κ3) is 4.43. The van der Waals surface area contributed by atoms with Crippen LogP contribution in [0.25, 0.3) is 11.1 Å². The highest BCUT2D eigenvalue weighted by Gasteiger charge is 2.17. The van der Waals surface area contributed by atoms with Crippen LogP contribution in [0.15, 0.2) is 24.5 Å². The number of carbonyl (C=O) groups excluding carboxylic acids is 1. The molecule has 0 radical (unpaired) electrons. The molecule has 0 saturated heterocycles. The Hall–Kier alpha value is -2.64. The van der Waals surface area contributed by atoms with Crippen LogP contribution in [0.4, 0.5) is 13.6 Å². The quantitative estimate of drug-likeness (QED) is 0.898. The Morgan fingerprint density at radius 1 is 1.33 bits per heavy atom. The first kappa shape index (κ1) is 17.7. The van der Waals surface area contributed by atoms with E-state index in [4.69, 9.17) is 9.84 Å². The van der Waals surface area contributed by atoms with E-state index in [-0.39, 0.29) is 12.1 Å². The van der Waals surface area contributed by atoms with Crippen molar-refractivity contribution in [3.05, 3.63) is 36.2 Å². The molecule has 1 aromatic heterocycles. The highest BCUT2D eigenvalue weighted by Crippen LogP contribution is 2.28. The van der Waals surface area contributed by atoms with Crippen LogP contribution in [0.5, 0.6) is 5.75 Å². The Morgan fingerprint density at radius 3 is 2.71 bits per heavy atom. The summed E-state index contributed by atoms with van der Waals surface area (Å²) < 4.78 is 33.8. The van der Waals surface area contributed by atoms with E-state index in [9.17, 15) is 13.6 Å². The molecule has 0 unspecified atom stereocenters. The van der Waals surface area contributed by atoms with Gasteiger partial charge in [-0.15, -0.1) is 0 Å². The molecule has 1 amide bonds. The molecule has 1 aromatic carbocycles. The third-order valence-corrected chi connectivity index (χ3v) is 3.02. The molecule has 0 bridgehead atoms. The Labute approximate surface area is 138 Å². The molecular formula is C16H19F2N3O3. The van der Waals surface area contributed by atoms with E-state index >= 15 is 0 Å². The smallest absolute Gasteiger partial charge is 0.407 e. The van der Waals surface area contributed by atoms with Gasteiger partial charge in [-0.2, -0.15) is 9.49 Å². The predicted octanol–water partition coefficient (Wildman–Crippen LogP) is 3.06. The molecule has 2 aromatic rings. The van der Waals surface area contributed by atoms with Crippen LogP contribution in [0.2, 0.25) is 0 Å². The van der Waals surface area contributed by atoms with Crippen molar-refractivity contribution in [1.82, 2.24) is 15.1 Å². The van der Waals surface area contributed by atoms with Crippen molar-refractivity contribution >= 4 is 6.09 Å². The minimum absolute atomic E-state index is 0.00310. The zero-order valence-corrected chi connectivity index (χ0v) is 13.6. The van der Waals surface area contributed by atoms with E-state index in [1.165, 1.54) is 23.1 Å². The number of amides is 1.